The van der Waals surface area contributed by atoms with Gasteiger partial charge in [-0.3, -0.25) is 14.5 Å². The maximum atomic E-state index is 13.6. The summed E-state index contributed by atoms with van der Waals surface area (Å²) >= 11 is 1.00. The third kappa shape index (κ3) is 4.18. The lowest BCUT2D eigenvalue weighted by atomic mass is 10.1. The molecule has 0 radical (unpaired) electrons. The van der Waals surface area contributed by atoms with Crippen LogP contribution in [0.5, 0.6) is 5.75 Å². The highest BCUT2D eigenvalue weighted by Crippen LogP contribution is 2.23. The van der Waals surface area contributed by atoms with Crippen LogP contribution in [0.25, 0.3) is 0 Å². The number of rotatable bonds is 6. The molecule has 130 valence electrons. The molecule has 25 heavy (non-hydrogen) atoms. The predicted octanol–water partition coefficient (Wildman–Crippen LogP) is 3.13. The molecule has 0 aromatic heterocycles. The lowest BCUT2D eigenvalue weighted by Gasteiger charge is -2.15. The molecule has 1 fully saturated rings. The number of hydrogen-bond donors (Lipinski definition) is 1. The van der Waals surface area contributed by atoms with Crippen LogP contribution in [0.3, 0.4) is 0 Å². The fraction of sp³-hybridized carbons (Fsp3) is 0.222. The van der Waals surface area contributed by atoms with E-state index in [0.717, 1.165) is 17.3 Å². The van der Waals surface area contributed by atoms with Crippen molar-refractivity contribution in [1.82, 2.24) is 4.90 Å². The van der Waals surface area contributed by atoms with Gasteiger partial charge in [-0.15, -0.1) is 0 Å². The zero-order valence-corrected chi connectivity index (χ0v) is 14.0. The number of imide groups is 1. The van der Waals surface area contributed by atoms with Crippen LogP contribution in [0.2, 0.25) is 0 Å². The van der Waals surface area contributed by atoms with Gasteiger partial charge >= 0.3 is 0 Å². The molecular formula is C18H16FNO4S. The molecule has 0 bridgehead atoms. The highest BCUT2D eigenvalue weighted by molar-refractivity contribution is 8.14. The van der Waals surface area contributed by atoms with E-state index in [1.54, 1.807) is 36.4 Å². The van der Waals surface area contributed by atoms with E-state index >= 15 is 0 Å². The Morgan fingerprint density at radius 1 is 1.16 bits per heavy atom. The Bertz CT molecular complexity index is 765. The molecule has 1 aliphatic rings. The number of amides is 2. The molecule has 1 atom stereocenters. The van der Waals surface area contributed by atoms with Crippen molar-refractivity contribution in [2.45, 2.75) is 12.6 Å². The molecule has 0 spiro atoms. The minimum absolute atomic E-state index is 0.0833. The second kappa shape index (κ2) is 7.67. The average Bonchev–Trinajstić information content (AvgIpc) is 2.93. The number of hydrogen-bond acceptors (Lipinski definition) is 5. The van der Waals surface area contributed by atoms with Crippen molar-refractivity contribution in [2.24, 2.45) is 0 Å². The number of nitrogens with zero attached hydrogens (tertiary/aromatic N) is 1. The second-order valence-corrected chi connectivity index (χ2v) is 6.45. The summed E-state index contributed by atoms with van der Waals surface area (Å²) in [5, 5.41) is 9.78. The number of thioether (sulfide) groups is 1. The fourth-order valence-corrected chi connectivity index (χ4v) is 3.14. The second-order valence-electron chi connectivity index (χ2n) is 5.53. The van der Waals surface area contributed by atoms with Crippen LogP contribution >= 0.6 is 11.8 Å². The molecule has 7 heteroatoms. The van der Waals surface area contributed by atoms with Crippen LogP contribution in [-0.2, 0) is 11.3 Å². The first-order chi connectivity index (χ1) is 12.0. The zero-order valence-electron chi connectivity index (χ0n) is 13.2. The van der Waals surface area contributed by atoms with Crippen LogP contribution < -0.4 is 4.74 Å². The van der Waals surface area contributed by atoms with E-state index in [4.69, 9.17) is 4.74 Å². The van der Waals surface area contributed by atoms with E-state index in [0.29, 0.717) is 5.75 Å². The summed E-state index contributed by atoms with van der Waals surface area (Å²) in [6.45, 7) is 0.142. The summed E-state index contributed by atoms with van der Waals surface area (Å²) in [4.78, 5) is 24.4. The quantitative estimate of drug-likeness (QED) is 0.856. The first-order valence-electron chi connectivity index (χ1n) is 7.66. The van der Waals surface area contributed by atoms with Crippen molar-refractivity contribution in [3.8, 4) is 5.75 Å². The van der Waals surface area contributed by atoms with Gasteiger partial charge in [-0.05, 0) is 23.8 Å². The maximum absolute atomic E-state index is 13.6. The summed E-state index contributed by atoms with van der Waals surface area (Å²) in [5.74, 6) is 0.0243. The number of halogens is 1. The summed E-state index contributed by atoms with van der Waals surface area (Å²) in [5.41, 5.74) is 0.980. The van der Waals surface area contributed by atoms with Crippen molar-refractivity contribution < 1.29 is 23.8 Å². The monoisotopic (exact) mass is 361 g/mol. The van der Waals surface area contributed by atoms with Crippen molar-refractivity contribution in [3.63, 3.8) is 0 Å². The van der Waals surface area contributed by atoms with Gasteiger partial charge in [-0.2, -0.15) is 0 Å². The summed E-state index contributed by atoms with van der Waals surface area (Å²) in [7, 11) is 0. The van der Waals surface area contributed by atoms with Crippen LogP contribution in [0.4, 0.5) is 9.18 Å². The van der Waals surface area contributed by atoms with Gasteiger partial charge in [0, 0.05) is 5.56 Å². The van der Waals surface area contributed by atoms with E-state index in [1.165, 1.54) is 17.0 Å². The Hall–Kier alpha value is -2.38. The van der Waals surface area contributed by atoms with Crippen molar-refractivity contribution in [2.75, 3.05) is 12.4 Å². The van der Waals surface area contributed by atoms with Crippen LogP contribution in [0.15, 0.2) is 48.5 Å². The molecule has 1 unspecified atom stereocenters. The molecule has 1 N–H and O–H groups in total. The number of carbonyl (C=O) groups excluding carboxylic acids is 2. The molecule has 1 heterocycles. The molecule has 2 aromatic rings. The number of ether oxygens (including phenoxy) is 1. The highest BCUT2D eigenvalue weighted by atomic mass is 32.2. The third-order valence-corrected chi connectivity index (χ3v) is 4.64. The molecular weight excluding hydrogens is 345 g/mol. The Labute approximate surface area is 148 Å². The van der Waals surface area contributed by atoms with E-state index in [2.05, 4.69) is 0 Å². The van der Waals surface area contributed by atoms with Crippen LogP contribution in [0.1, 0.15) is 17.2 Å². The van der Waals surface area contributed by atoms with Crippen LogP contribution in [-0.4, -0.2) is 33.5 Å². The normalized spacial score (nSPS) is 15.5. The van der Waals surface area contributed by atoms with Gasteiger partial charge in [0.15, 0.2) is 0 Å². The number of benzene rings is 2. The summed E-state index contributed by atoms with van der Waals surface area (Å²) in [6, 6.07) is 12.8. The molecule has 0 saturated carbocycles. The molecule has 1 saturated heterocycles. The van der Waals surface area contributed by atoms with Gasteiger partial charge in [0.1, 0.15) is 24.3 Å². The lowest BCUT2D eigenvalue weighted by molar-refractivity contribution is -0.125. The summed E-state index contributed by atoms with van der Waals surface area (Å²) in [6.07, 6.45) is -1.07. The topological polar surface area (TPSA) is 66.8 Å². The van der Waals surface area contributed by atoms with E-state index in [1.807, 2.05) is 0 Å². The SMILES string of the molecule is O=C1CSC(=O)N1Cc1ccc(OCC(O)c2ccccc2F)cc1. The largest absolute Gasteiger partial charge is 0.491 e. The number of aliphatic hydroxyl groups is 1. The van der Waals surface area contributed by atoms with Crippen molar-refractivity contribution >= 4 is 22.9 Å². The van der Waals surface area contributed by atoms with E-state index < -0.39 is 11.9 Å². The molecule has 1 aliphatic heterocycles. The molecule has 0 aliphatic carbocycles. The Morgan fingerprint density at radius 3 is 2.52 bits per heavy atom. The van der Waals surface area contributed by atoms with Gasteiger partial charge in [0.05, 0.1) is 12.3 Å². The molecule has 5 nitrogen and oxygen atoms in total. The number of carbonyl (C=O) groups is 2. The third-order valence-electron chi connectivity index (χ3n) is 3.78. The molecule has 2 amide bonds. The zero-order chi connectivity index (χ0) is 17.8. The smallest absolute Gasteiger partial charge is 0.289 e. The lowest BCUT2D eigenvalue weighted by Crippen LogP contribution is -2.27. The average molecular weight is 361 g/mol. The van der Waals surface area contributed by atoms with Gasteiger partial charge < -0.3 is 9.84 Å². The minimum Gasteiger partial charge on any atom is -0.491 e. The maximum Gasteiger partial charge on any atom is 0.289 e. The molecule has 3 rings (SSSR count). The first-order valence-corrected chi connectivity index (χ1v) is 8.64. The van der Waals surface area contributed by atoms with E-state index in [-0.39, 0.29) is 35.6 Å². The van der Waals surface area contributed by atoms with Crippen molar-refractivity contribution in [3.05, 3.63) is 65.5 Å². The van der Waals surface area contributed by atoms with Gasteiger partial charge in [0.25, 0.3) is 5.24 Å². The van der Waals surface area contributed by atoms with Gasteiger partial charge in [-0.1, -0.05) is 42.1 Å². The van der Waals surface area contributed by atoms with Gasteiger partial charge in [0.2, 0.25) is 5.91 Å². The Morgan fingerprint density at radius 2 is 1.88 bits per heavy atom. The Balaban J connectivity index is 1.57. The minimum atomic E-state index is -1.07. The summed E-state index contributed by atoms with van der Waals surface area (Å²) < 4.78 is 19.1. The van der Waals surface area contributed by atoms with Crippen LogP contribution in [0, 0.1) is 5.82 Å². The predicted molar refractivity (Wildman–Crippen MR) is 91.7 cm³/mol. The first kappa shape index (κ1) is 17.4. The standard InChI is InChI=1S/C18H16FNO4S/c19-15-4-2-1-3-14(15)16(21)10-24-13-7-5-12(6-8-13)9-20-17(22)11-25-18(20)23/h1-8,16,21H,9-11H2. The highest BCUT2D eigenvalue weighted by Gasteiger charge is 2.29. The van der Waals surface area contributed by atoms with E-state index in [9.17, 15) is 19.1 Å². The van der Waals surface area contributed by atoms with Crippen molar-refractivity contribution in [1.29, 1.82) is 0 Å². The van der Waals surface area contributed by atoms with Gasteiger partial charge in [-0.25, -0.2) is 4.39 Å². The fourth-order valence-electron chi connectivity index (χ4n) is 2.42. The Kier molecular flexibility index (Phi) is 5.35. The number of aliphatic hydroxyl groups excluding tert-OH is 1. The molecule has 2 aromatic carbocycles.